The lowest BCUT2D eigenvalue weighted by Gasteiger charge is -2.09. The van der Waals surface area contributed by atoms with Gasteiger partial charge in [-0.15, -0.1) is 0 Å². The Morgan fingerprint density at radius 2 is 1.77 bits per heavy atom. The highest BCUT2D eigenvalue weighted by Crippen LogP contribution is 2.30. The Hall–Kier alpha value is -4.92. The topological polar surface area (TPSA) is 105 Å². The maximum absolute atomic E-state index is 12.3. The molecule has 4 aromatic heterocycles. The molecule has 0 radical (unpaired) electrons. The van der Waals surface area contributed by atoms with Crippen LogP contribution in [0.1, 0.15) is 0 Å². The number of aromatic nitrogens is 5. The minimum Gasteiger partial charge on any atom is -0.459 e. The van der Waals surface area contributed by atoms with E-state index < -0.39 is 0 Å². The molecule has 0 saturated heterocycles. The van der Waals surface area contributed by atoms with Crippen molar-refractivity contribution in [1.29, 1.82) is 0 Å². The molecule has 35 heavy (non-hydrogen) atoms. The highest BCUT2D eigenvalue weighted by molar-refractivity contribution is 5.92. The van der Waals surface area contributed by atoms with Crippen LogP contribution in [0.25, 0.3) is 44.4 Å². The molecular formula is C26H21N7O2. The van der Waals surface area contributed by atoms with Gasteiger partial charge in [-0.2, -0.15) is 5.10 Å². The van der Waals surface area contributed by atoms with E-state index in [0.717, 1.165) is 33.2 Å². The van der Waals surface area contributed by atoms with Crippen molar-refractivity contribution in [3.05, 3.63) is 79.6 Å². The summed E-state index contributed by atoms with van der Waals surface area (Å²) in [5, 5.41) is 12.1. The summed E-state index contributed by atoms with van der Waals surface area (Å²) in [4.78, 5) is 23.3. The number of furan rings is 1. The number of benzene rings is 2. The number of nitrogens with one attached hydrogen (secondary N) is 2. The van der Waals surface area contributed by atoms with Crippen LogP contribution in [0.4, 0.5) is 16.3 Å². The quantitative estimate of drug-likeness (QED) is 0.357. The smallest absolute Gasteiger partial charge is 0.327 e. The van der Waals surface area contributed by atoms with Gasteiger partial charge in [0.2, 0.25) is 0 Å². The van der Waals surface area contributed by atoms with E-state index in [9.17, 15) is 4.79 Å². The molecule has 0 spiro atoms. The van der Waals surface area contributed by atoms with Gasteiger partial charge in [0.1, 0.15) is 5.52 Å². The molecule has 6 rings (SSSR count). The lowest BCUT2D eigenvalue weighted by atomic mass is 10.1. The Morgan fingerprint density at radius 3 is 2.54 bits per heavy atom. The molecule has 2 aromatic carbocycles. The molecule has 0 atom stereocenters. The third-order valence-corrected chi connectivity index (χ3v) is 5.79. The summed E-state index contributed by atoms with van der Waals surface area (Å²) >= 11 is 0. The Balaban J connectivity index is 1.36. The number of hydrogen-bond acceptors (Lipinski definition) is 6. The summed E-state index contributed by atoms with van der Waals surface area (Å²) in [6, 6.07) is 15.6. The van der Waals surface area contributed by atoms with E-state index in [1.807, 2.05) is 67.1 Å². The van der Waals surface area contributed by atoms with Crippen molar-refractivity contribution in [2.75, 3.05) is 19.4 Å². The average Bonchev–Trinajstić information content (AvgIpc) is 3.64. The number of nitrogens with zero attached hydrogens (tertiary/aromatic N) is 5. The molecule has 0 bridgehead atoms. The molecule has 0 fully saturated rings. The summed E-state index contributed by atoms with van der Waals surface area (Å²) < 4.78 is 7.25. The fourth-order valence-electron chi connectivity index (χ4n) is 3.99. The van der Waals surface area contributed by atoms with Crippen molar-refractivity contribution in [2.45, 2.75) is 0 Å². The fraction of sp³-hybridized carbons (Fsp3) is 0.0769. The van der Waals surface area contributed by atoms with Crippen molar-refractivity contribution < 1.29 is 9.21 Å². The van der Waals surface area contributed by atoms with Crippen LogP contribution in [0.3, 0.4) is 0 Å². The predicted octanol–water partition coefficient (Wildman–Crippen LogP) is 5.51. The molecule has 0 saturated carbocycles. The van der Waals surface area contributed by atoms with Gasteiger partial charge in [-0.25, -0.2) is 14.8 Å². The maximum Gasteiger partial charge on any atom is 0.327 e. The van der Waals surface area contributed by atoms with Crippen molar-refractivity contribution in [3.8, 4) is 22.5 Å². The minimum absolute atomic E-state index is 0.107. The Morgan fingerprint density at radius 1 is 0.971 bits per heavy atom. The van der Waals surface area contributed by atoms with E-state index in [1.54, 1.807) is 31.1 Å². The zero-order chi connectivity index (χ0) is 23.9. The molecule has 2 N–H and O–H groups in total. The molecule has 9 nitrogen and oxygen atoms in total. The van der Waals surface area contributed by atoms with E-state index in [1.165, 1.54) is 4.90 Å². The van der Waals surface area contributed by atoms with Gasteiger partial charge in [-0.1, -0.05) is 24.3 Å². The SMILES string of the molecule is CN(C)C(=O)n1cc2ccc(-c3nc(Nc4ccc(-c5cn[nH]c5)cc4)c4occc4n3)cc2c1. The number of carbonyl (C=O) groups is 1. The van der Waals surface area contributed by atoms with Gasteiger partial charge in [-0.05, 0) is 29.1 Å². The Kier molecular flexibility index (Phi) is 4.81. The molecule has 0 unspecified atom stereocenters. The van der Waals surface area contributed by atoms with Crippen LogP contribution in [0.2, 0.25) is 0 Å². The van der Waals surface area contributed by atoms with Crippen LogP contribution in [0.5, 0.6) is 0 Å². The third kappa shape index (κ3) is 3.78. The first-order valence-corrected chi connectivity index (χ1v) is 11.0. The largest absolute Gasteiger partial charge is 0.459 e. The van der Waals surface area contributed by atoms with E-state index in [-0.39, 0.29) is 6.03 Å². The second-order valence-corrected chi connectivity index (χ2v) is 8.41. The van der Waals surface area contributed by atoms with E-state index in [2.05, 4.69) is 15.5 Å². The normalized spacial score (nSPS) is 11.3. The standard InChI is InChI=1S/C26H21N7O2/c1-32(2)26(34)33-14-18-4-3-17(11-19(18)15-33)24-30-22-9-10-35-23(22)25(31-24)29-21-7-5-16(6-8-21)20-12-27-28-13-20/h3-15H,1-2H3,(H,27,28)(H,29,30,31). The van der Waals surface area contributed by atoms with E-state index in [4.69, 9.17) is 14.4 Å². The molecule has 1 amide bonds. The van der Waals surface area contributed by atoms with Crippen LogP contribution < -0.4 is 5.32 Å². The second-order valence-electron chi connectivity index (χ2n) is 8.41. The maximum atomic E-state index is 12.3. The van der Waals surface area contributed by atoms with Gasteiger partial charge in [-0.3, -0.25) is 9.67 Å². The number of carbonyl (C=O) groups excluding carboxylic acids is 1. The van der Waals surface area contributed by atoms with Crippen LogP contribution in [0, 0.1) is 0 Å². The van der Waals surface area contributed by atoms with Gasteiger partial charge in [0.25, 0.3) is 0 Å². The highest BCUT2D eigenvalue weighted by Gasteiger charge is 2.14. The first-order valence-electron chi connectivity index (χ1n) is 11.0. The number of anilines is 2. The van der Waals surface area contributed by atoms with Crippen LogP contribution >= 0.6 is 0 Å². The zero-order valence-electron chi connectivity index (χ0n) is 19.1. The number of amides is 1. The molecule has 4 heterocycles. The first kappa shape index (κ1) is 20.7. The first-order chi connectivity index (χ1) is 17.0. The van der Waals surface area contributed by atoms with Crippen LogP contribution in [-0.2, 0) is 0 Å². The van der Waals surface area contributed by atoms with Crippen molar-refractivity contribution in [2.24, 2.45) is 0 Å². The number of rotatable bonds is 4. The van der Waals surface area contributed by atoms with Gasteiger partial charge < -0.3 is 14.6 Å². The van der Waals surface area contributed by atoms with Crippen molar-refractivity contribution >= 4 is 39.4 Å². The summed E-state index contributed by atoms with van der Waals surface area (Å²) in [5.41, 5.74) is 5.07. The summed E-state index contributed by atoms with van der Waals surface area (Å²) in [5.74, 6) is 1.14. The lowest BCUT2D eigenvalue weighted by Crippen LogP contribution is -2.25. The molecule has 0 aliphatic heterocycles. The van der Waals surface area contributed by atoms with Gasteiger partial charge in [0, 0.05) is 61.0 Å². The van der Waals surface area contributed by atoms with E-state index in [0.29, 0.717) is 22.7 Å². The number of H-pyrrole nitrogens is 1. The monoisotopic (exact) mass is 463 g/mol. The predicted molar refractivity (Wildman–Crippen MR) is 135 cm³/mol. The average molecular weight is 464 g/mol. The van der Waals surface area contributed by atoms with Crippen molar-refractivity contribution in [3.63, 3.8) is 0 Å². The molecule has 9 heteroatoms. The van der Waals surface area contributed by atoms with Crippen molar-refractivity contribution in [1.82, 2.24) is 29.6 Å². The van der Waals surface area contributed by atoms with Gasteiger partial charge in [0.15, 0.2) is 17.2 Å². The zero-order valence-corrected chi connectivity index (χ0v) is 19.1. The lowest BCUT2D eigenvalue weighted by molar-refractivity contribution is 0.219. The molecule has 0 aliphatic rings. The number of fused-ring (bicyclic) bond motifs is 2. The number of hydrogen-bond donors (Lipinski definition) is 2. The van der Waals surface area contributed by atoms with Crippen LogP contribution in [0.15, 0.2) is 84.0 Å². The Bertz CT molecular complexity index is 1660. The third-order valence-electron chi connectivity index (χ3n) is 5.79. The second kappa shape index (κ2) is 8.14. The summed E-state index contributed by atoms with van der Waals surface area (Å²) in [7, 11) is 3.46. The molecule has 6 aromatic rings. The van der Waals surface area contributed by atoms with Gasteiger partial charge >= 0.3 is 6.03 Å². The number of aromatic amines is 1. The summed E-state index contributed by atoms with van der Waals surface area (Å²) in [6.07, 6.45) is 8.88. The van der Waals surface area contributed by atoms with Crippen LogP contribution in [-0.4, -0.2) is 49.8 Å². The minimum atomic E-state index is -0.107. The molecule has 0 aliphatic carbocycles. The van der Waals surface area contributed by atoms with E-state index >= 15 is 0 Å². The Labute approximate surface area is 200 Å². The summed E-state index contributed by atoms with van der Waals surface area (Å²) in [6.45, 7) is 0. The fourth-order valence-corrected chi connectivity index (χ4v) is 3.99. The van der Waals surface area contributed by atoms with Gasteiger partial charge in [0.05, 0.1) is 12.5 Å². The molecule has 172 valence electrons. The highest BCUT2D eigenvalue weighted by atomic mass is 16.3. The molecular weight excluding hydrogens is 442 g/mol.